The van der Waals surface area contributed by atoms with Crippen LogP contribution >= 0.6 is 0 Å². The first-order chi connectivity index (χ1) is 16.2. The Kier molecular flexibility index (Phi) is 5.74. The maximum Gasteiger partial charge on any atom is 0.165 e. The number of hydrogen-bond acceptors (Lipinski definition) is 3. The molecule has 0 aliphatic carbocycles. The summed E-state index contributed by atoms with van der Waals surface area (Å²) < 4.78 is 19.3. The van der Waals surface area contributed by atoms with Crippen LogP contribution in [0.5, 0.6) is 5.75 Å². The lowest BCUT2D eigenvalue weighted by molar-refractivity contribution is 0.302. The molecule has 1 N–H and O–H groups in total. The first-order valence-corrected chi connectivity index (χ1v) is 11.8. The molecule has 1 atom stereocenters. The van der Waals surface area contributed by atoms with Gasteiger partial charge in [0.05, 0.1) is 7.11 Å². The molecule has 178 valence electrons. The Morgan fingerprint density at radius 2 is 2.03 bits per heavy atom. The largest absolute Gasteiger partial charge is 0.658 e. The maximum atomic E-state index is 14.3. The molecule has 34 heavy (non-hydrogen) atoms. The third-order valence-corrected chi connectivity index (χ3v) is 6.38. The van der Waals surface area contributed by atoms with Gasteiger partial charge in [-0.05, 0) is 56.0 Å². The lowest BCUT2D eigenvalue weighted by Crippen LogP contribution is -2.44. The standard InChI is InChI=1S/C28H31FN4O/c1-17-12-23(19-7-9-25(34-5)22(29)14-19)30-27-21-8-6-18(13-24(21)31-26(17)27)15-33-11-10-20(16-33)32-28(2,3)4/h6-9,12-14,20,32H,1,10-11,15-16H2,2-5H3/q-2. The van der Waals surface area contributed by atoms with Gasteiger partial charge >= 0.3 is 0 Å². The summed E-state index contributed by atoms with van der Waals surface area (Å²) in [5.74, 6) is -0.198. The van der Waals surface area contributed by atoms with Gasteiger partial charge in [-0.2, -0.15) is 0 Å². The van der Waals surface area contributed by atoms with E-state index in [0.29, 0.717) is 17.3 Å². The highest BCUT2D eigenvalue weighted by atomic mass is 19.1. The van der Waals surface area contributed by atoms with Crippen molar-refractivity contribution in [2.45, 2.75) is 45.3 Å². The molecule has 0 amide bonds. The molecule has 2 aliphatic heterocycles. The number of aromatic nitrogens is 1. The molecule has 0 radical (unpaired) electrons. The Hall–Kier alpha value is -3.09. The van der Waals surface area contributed by atoms with Crippen LogP contribution in [0.4, 0.5) is 10.1 Å². The molecular formula is C28H31FN4O-2. The van der Waals surface area contributed by atoms with Crippen LogP contribution in [-0.2, 0) is 6.54 Å². The predicted molar refractivity (Wildman–Crippen MR) is 137 cm³/mol. The molecule has 0 bridgehead atoms. The number of halogens is 1. The van der Waals surface area contributed by atoms with Crippen LogP contribution in [0.3, 0.4) is 0 Å². The van der Waals surface area contributed by atoms with Crippen molar-refractivity contribution in [1.82, 2.24) is 15.2 Å². The highest BCUT2D eigenvalue weighted by Gasteiger charge is 2.25. The van der Waals surface area contributed by atoms with Crippen LogP contribution in [0.2, 0.25) is 0 Å². The number of allylic oxidation sites excluding steroid dienone is 2. The van der Waals surface area contributed by atoms with Crippen molar-refractivity contribution in [3.63, 3.8) is 0 Å². The fourth-order valence-electron chi connectivity index (χ4n) is 4.93. The summed E-state index contributed by atoms with van der Waals surface area (Å²) in [4.78, 5) is 7.34. The molecule has 2 aliphatic rings. The number of likely N-dealkylation sites (tertiary alicyclic amines) is 1. The van der Waals surface area contributed by atoms with Crippen LogP contribution in [0.15, 0.2) is 49.1 Å². The number of nitrogens with one attached hydrogen (secondary N) is 1. The Balaban J connectivity index is 1.35. The summed E-state index contributed by atoms with van der Waals surface area (Å²) >= 11 is 0. The van der Waals surface area contributed by atoms with Crippen molar-refractivity contribution >= 4 is 27.9 Å². The Morgan fingerprint density at radius 1 is 1.21 bits per heavy atom. The summed E-state index contributed by atoms with van der Waals surface area (Å²) in [5, 5.41) is 9.55. The summed E-state index contributed by atoms with van der Waals surface area (Å²) in [6.45, 7) is 13.9. The number of methoxy groups -OCH3 is 1. The van der Waals surface area contributed by atoms with Crippen molar-refractivity contribution in [1.29, 1.82) is 0 Å². The molecule has 1 fully saturated rings. The van der Waals surface area contributed by atoms with Crippen molar-refractivity contribution in [2.75, 3.05) is 20.2 Å². The van der Waals surface area contributed by atoms with Crippen LogP contribution < -0.4 is 15.0 Å². The van der Waals surface area contributed by atoms with Gasteiger partial charge in [-0.1, -0.05) is 42.3 Å². The minimum atomic E-state index is -0.413. The fourth-order valence-corrected chi connectivity index (χ4v) is 4.93. The van der Waals surface area contributed by atoms with E-state index in [-0.39, 0.29) is 11.3 Å². The second kappa shape index (κ2) is 8.60. The number of nitrogens with zero attached hydrogens (tertiary/aromatic N) is 3. The van der Waals surface area contributed by atoms with Crippen LogP contribution in [0, 0.1) is 5.82 Å². The zero-order valence-corrected chi connectivity index (χ0v) is 20.3. The van der Waals surface area contributed by atoms with Gasteiger partial charge in [0.2, 0.25) is 0 Å². The summed E-state index contributed by atoms with van der Waals surface area (Å²) in [7, 11) is 1.46. The van der Waals surface area contributed by atoms with E-state index in [1.807, 2.05) is 12.1 Å². The van der Waals surface area contributed by atoms with E-state index < -0.39 is 5.82 Å². The van der Waals surface area contributed by atoms with E-state index in [1.165, 1.54) is 25.2 Å². The van der Waals surface area contributed by atoms with Gasteiger partial charge in [-0.3, -0.25) is 4.90 Å². The minimum absolute atomic E-state index is 0.133. The average molecular weight is 459 g/mol. The first kappa shape index (κ1) is 22.7. The predicted octanol–water partition coefficient (Wildman–Crippen LogP) is 5.98. The van der Waals surface area contributed by atoms with Gasteiger partial charge in [-0.15, -0.1) is 22.6 Å². The van der Waals surface area contributed by atoms with Crippen molar-refractivity contribution in [3.05, 3.63) is 77.0 Å². The van der Waals surface area contributed by atoms with E-state index in [9.17, 15) is 4.39 Å². The van der Waals surface area contributed by atoms with Gasteiger partial charge < -0.3 is 20.4 Å². The summed E-state index contributed by atoms with van der Waals surface area (Å²) in [6, 6.07) is 11.8. The van der Waals surface area contributed by atoms with Crippen molar-refractivity contribution < 1.29 is 9.13 Å². The Morgan fingerprint density at radius 3 is 2.76 bits per heavy atom. The number of fused-ring (bicyclic) bond motifs is 3. The molecule has 0 spiro atoms. The lowest BCUT2D eigenvalue weighted by atomic mass is 10.0. The molecule has 5 nitrogen and oxygen atoms in total. The summed E-state index contributed by atoms with van der Waals surface area (Å²) in [5.41, 5.74) is 6.03. The molecule has 2 aromatic carbocycles. The van der Waals surface area contributed by atoms with E-state index >= 15 is 0 Å². The average Bonchev–Trinajstić information content (AvgIpc) is 3.36. The quantitative estimate of drug-likeness (QED) is 0.511. The van der Waals surface area contributed by atoms with Crippen molar-refractivity contribution in [2.24, 2.45) is 0 Å². The second-order valence-corrected chi connectivity index (χ2v) is 10.3. The highest BCUT2D eigenvalue weighted by Crippen LogP contribution is 2.46. The Bertz CT molecular complexity index is 1280. The molecule has 3 aromatic rings. The normalized spacial score (nSPS) is 18.7. The zero-order chi connectivity index (χ0) is 24.0. The van der Waals surface area contributed by atoms with Crippen LogP contribution in [-0.4, -0.2) is 36.7 Å². The molecule has 1 aromatic heterocycles. The van der Waals surface area contributed by atoms with Crippen LogP contribution in [0.25, 0.3) is 27.5 Å². The SMILES string of the molecule is C=C1C=C(c2ccc(OC)c(F)c2)[N-]c2c1[n-]c1cc(CN3CCC(NC(C)(C)C)C3)ccc21. The van der Waals surface area contributed by atoms with Gasteiger partial charge in [0.1, 0.15) is 0 Å². The van der Waals surface area contributed by atoms with E-state index in [4.69, 9.17) is 15.0 Å². The topological polar surface area (TPSA) is 52.7 Å². The molecule has 1 unspecified atom stereocenters. The molecule has 0 saturated carbocycles. The Labute approximate surface area is 200 Å². The highest BCUT2D eigenvalue weighted by molar-refractivity contribution is 6.10. The molecular weight excluding hydrogens is 427 g/mol. The monoisotopic (exact) mass is 458 g/mol. The van der Waals surface area contributed by atoms with Crippen molar-refractivity contribution in [3.8, 4) is 5.75 Å². The molecule has 6 heteroatoms. The third-order valence-electron chi connectivity index (χ3n) is 6.38. The molecule has 3 heterocycles. The number of hydrogen-bond donors (Lipinski definition) is 1. The zero-order valence-electron chi connectivity index (χ0n) is 20.3. The maximum absolute atomic E-state index is 14.3. The third kappa shape index (κ3) is 4.48. The van der Waals surface area contributed by atoms with Gasteiger partial charge in [0.25, 0.3) is 0 Å². The van der Waals surface area contributed by atoms with E-state index in [2.05, 4.69) is 55.8 Å². The number of ether oxygens (including phenoxy) is 1. The van der Waals surface area contributed by atoms with E-state index in [1.54, 1.807) is 6.07 Å². The number of benzene rings is 2. The molecule has 5 rings (SSSR count). The van der Waals surface area contributed by atoms with Crippen LogP contribution in [0.1, 0.15) is 44.0 Å². The van der Waals surface area contributed by atoms with Gasteiger partial charge in [-0.25, -0.2) is 4.39 Å². The molecule has 1 saturated heterocycles. The van der Waals surface area contributed by atoms with Gasteiger partial charge in [0, 0.05) is 31.2 Å². The number of rotatable bonds is 5. The summed E-state index contributed by atoms with van der Waals surface area (Å²) in [6.07, 6.45) is 3.03. The smallest absolute Gasteiger partial charge is 0.165 e. The lowest BCUT2D eigenvalue weighted by Gasteiger charge is -2.35. The second-order valence-electron chi connectivity index (χ2n) is 10.3. The minimum Gasteiger partial charge on any atom is -0.658 e. The van der Waals surface area contributed by atoms with E-state index in [0.717, 1.165) is 47.5 Å². The first-order valence-electron chi connectivity index (χ1n) is 11.8. The fraction of sp³-hybridized carbons (Fsp3) is 0.357. The van der Waals surface area contributed by atoms with Gasteiger partial charge in [0.15, 0.2) is 11.6 Å².